The minimum absolute atomic E-state index is 0.195. The predicted octanol–water partition coefficient (Wildman–Crippen LogP) is 5.95. The fourth-order valence-corrected chi connectivity index (χ4v) is 5.20. The first-order valence-electron chi connectivity index (χ1n) is 14.9. The van der Waals surface area contributed by atoms with Crippen LogP contribution in [0.1, 0.15) is 25.3 Å². The van der Waals surface area contributed by atoms with Gasteiger partial charge in [0.15, 0.2) is 5.82 Å². The Hall–Kier alpha value is -6.04. The molecule has 0 amide bonds. The largest absolute Gasteiger partial charge is 0.534 e. The Bertz CT molecular complexity index is 2430. The van der Waals surface area contributed by atoms with Crippen LogP contribution in [-0.4, -0.2) is 63.6 Å². The number of hydrogen-bond donors (Lipinski definition) is 1. The summed E-state index contributed by atoms with van der Waals surface area (Å²) in [7, 11) is -2.20. The second-order valence-corrected chi connectivity index (χ2v) is 12.8. The van der Waals surface area contributed by atoms with Crippen molar-refractivity contribution in [3.05, 3.63) is 91.4 Å². The molecule has 7 aromatic rings. The first-order valence-corrected chi connectivity index (χ1v) is 16.3. The summed E-state index contributed by atoms with van der Waals surface area (Å²) in [4.78, 5) is 17.1. The van der Waals surface area contributed by atoms with Gasteiger partial charge in [-0.2, -0.15) is 36.9 Å². The van der Waals surface area contributed by atoms with Crippen LogP contribution in [0.25, 0.3) is 44.3 Å². The van der Waals surface area contributed by atoms with Crippen LogP contribution in [0.4, 0.5) is 24.8 Å². The Balaban J connectivity index is 0.000000174. The van der Waals surface area contributed by atoms with Crippen molar-refractivity contribution in [3.63, 3.8) is 0 Å². The van der Waals surface area contributed by atoms with E-state index in [2.05, 4.69) is 58.7 Å². The monoisotopic (exact) mass is 703 g/mol. The molecule has 0 aliphatic rings. The Morgan fingerprint density at radius 3 is 1.90 bits per heavy atom. The zero-order chi connectivity index (χ0) is 35.6. The summed E-state index contributed by atoms with van der Waals surface area (Å²) < 4.78 is 66.8. The van der Waals surface area contributed by atoms with Gasteiger partial charge in [-0.05, 0) is 47.9 Å². The molecule has 0 bridgehead atoms. The molecule has 0 unspecified atom stereocenters. The first kappa shape index (κ1) is 33.8. The Morgan fingerprint density at radius 2 is 1.36 bits per heavy atom. The number of rotatable bonds is 7. The van der Waals surface area contributed by atoms with E-state index in [4.69, 9.17) is 4.98 Å². The number of nitrogens with zero attached hydrogens (tertiary/aromatic N) is 10. The number of pyridine rings is 4. The number of alkyl halides is 3. The molecular formula is C32H28F3N11O3S. The maximum atomic E-state index is 12.4. The number of hydrogen-bond acceptors (Lipinski definition) is 12. The van der Waals surface area contributed by atoms with E-state index >= 15 is 0 Å². The van der Waals surface area contributed by atoms with E-state index in [1.54, 1.807) is 36.4 Å². The molecule has 0 saturated heterocycles. The molecule has 14 nitrogen and oxygen atoms in total. The van der Waals surface area contributed by atoms with Gasteiger partial charge < -0.3 is 9.50 Å². The normalized spacial score (nSPS) is 11.8. The molecule has 7 aromatic heterocycles. The zero-order valence-electron chi connectivity index (χ0n) is 26.9. The summed E-state index contributed by atoms with van der Waals surface area (Å²) in [5, 5.41) is 19.7. The van der Waals surface area contributed by atoms with Gasteiger partial charge in [0.05, 0.1) is 35.1 Å². The summed E-state index contributed by atoms with van der Waals surface area (Å²) in [6.45, 7) is 4.25. The number of fused-ring (bicyclic) bond motifs is 2. The Kier molecular flexibility index (Phi) is 9.11. The van der Waals surface area contributed by atoms with Crippen LogP contribution in [0.5, 0.6) is 5.88 Å². The number of halogens is 3. The SMILES string of the molecule is CC(C)c1cnnc(Nc2ccc3nccc(-c4cnn(C)c4)c3n2)c1.Cn1cc(-c2ccnc3ccc(OS(=O)(=O)C(F)(F)F)nc23)cn1. The van der Waals surface area contributed by atoms with Gasteiger partial charge in [-0.3, -0.25) is 19.3 Å². The van der Waals surface area contributed by atoms with Gasteiger partial charge in [-0.1, -0.05) is 13.8 Å². The lowest BCUT2D eigenvalue weighted by Crippen LogP contribution is -2.28. The average Bonchev–Trinajstić information content (AvgIpc) is 3.71. The third-order valence-corrected chi connectivity index (χ3v) is 8.21. The summed E-state index contributed by atoms with van der Waals surface area (Å²) in [6, 6.07) is 11.7. The van der Waals surface area contributed by atoms with Crippen molar-refractivity contribution in [3.8, 4) is 28.1 Å². The van der Waals surface area contributed by atoms with Crippen LogP contribution < -0.4 is 9.50 Å². The van der Waals surface area contributed by atoms with E-state index < -0.39 is 21.5 Å². The molecule has 0 fully saturated rings. The average molecular weight is 704 g/mol. The van der Waals surface area contributed by atoms with Gasteiger partial charge >= 0.3 is 15.6 Å². The van der Waals surface area contributed by atoms with E-state index in [9.17, 15) is 21.6 Å². The molecule has 256 valence electrons. The van der Waals surface area contributed by atoms with Crippen molar-refractivity contribution >= 4 is 43.8 Å². The van der Waals surface area contributed by atoms with E-state index in [0.717, 1.165) is 33.8 Å². The standard InChI is InChI=1S/C19H19N7.C13H9F3N4O3S/c1-12(2)13-8-18(25-21-9-13)23-17-5-4-16-19(24-17)15(6-7-20-16)14-10-22-26(3)11-14;1-20-7-8(6-18-20)9-4-5-17-10-2-3-11(19-12(9)10)23-24(21,22)13(14,15)16/h4-12H,1-3H3,(H,23,24,25);2-7H,1H3. The van der Waals surface area contributed by atoms with Gasteiger partial charge in [-0.15, -0.1) is 5.10 Å². The van der Waals surface area contributed by atoms with Crippen molar-refractivity contribution in [1.82, 2.24) is 49.7 Å². The Labute approximate surface area is 283 Å². The molecule has 50 heavy (non-hydrogen) atoms. The smallest absolute Gasteiger partial charge is 0.355 e. The Morgan fingerprint density at radius 1 is 0.780 bits per heavy atom. The lowest BCUT2D eigenvalue weighted by atomic mass is 10.1. The quantitative estimate of drug-likeness (QED) is 0.153. The van der Waals surface area contributed by atoms with E-state index in [0.29, 0.717) is 34.2 Å². The van der Waals surface area contributed by atoms with Gasteiger partial charge in [-0.25, -0.2) is 9.97 Å². The molecule has 18 heteroatoms. The van der Waals surface area contributed by atoms with Crippen LogP contribution in [0.3, 0.4) is 0 Å². The third kappa shape index (κ3) is 7.34. The van der Waals surface area contributed by atoms with Gasteiger partial charge in [0.2, 0.25) is 5.88 Å². The molecule has 1 N–H and O–H groups in total. The lowest BCUT2D eigenvalue weighted by molar-refractivity contribution is -0.0501. The minimum atomic E-state index is -5.79. The number of aromatic nitrogens is 10. The van der Waals surface area contributed by atoms with Crippen molar-refractivity contribution in [2.75, 3.05) is 5.32 Å². The van der Waals surface area contributed by atoms with E-state index in [1.165, 1.54) is 23.1 Å². The molecule has 0 aliphatic carbocycles. The fraction of sp³-hybridized carbons (Fsp3) is 0.188. The highest BCUT2D eigenvalue weighted by Gasteiger charge is 2.48. The highest BCUT2D eigenvalue weighted by atomic mass is 32.2. The van der Waals surface area contributed by atoms with Crippen LogP contribution in [0, 0.1) is 0 Å². The molecule has 0 aliphatic heterocycles. The zero-order valence-corrected chi connectivity index (χ0v) is 27.7. The maximum absolute atomic E-state index is 12.4. The molecule has 0 radical (unpaired) electrons. The van der Waals surface area contributed by atoms with Gasteiger partial charge in [0.25, 0.3) is 0 Å². The van der Waals surface area contributed by atoms with E-state index in [-0.39, 0.29) is 5.52 Å². The van der Waals surface area contributed by atoms with Crippen molar-refractivity contribution in [1.29, 1.82) is 0 Å². The summed E-state index contributed by atoms with van der Waals surface area (Å²) in [5.41, 5.74) is 0.980. The van der Waals surface area contributed by atoms with Gasteiger partial charge in [0.1, 0.15) is 11.3 Å². The summed E-state index contributed by atoms with van der Waals surface area (Å²) >= 11 is 0. The van der Waals surface area contributed by atoms with Crippen molar-refractivity contribution < 1.29 is 25.8 Å². The van der Waals surface area contributed by atoms with Crippen LogP contribution in [-0.2, 0) is 24.2 Å². The number of nitrogens with one attached hydrogen (secondary N) is 1. The fourth-order valence-electron chi connectivity index (χ4n) is 4.78. The summed E-state index contributed by atoms with van der Waals surface area (Å²) in [6.07, 6.45) is 12.1. The molecule has 0 aromatic carbocycles. The maximum Gasteiger partial charge on any atom is 0.534 e. The van der Waals surface area contributed by atoms with Crippen LogP contribution in [0.15, 0.2) is 85.8 Å². The molecule has 0 spiro atoms. The lowest BCUT2D eigenvalue weighted by Gasteiger charge is -2.09. The molecule has 7 rings (SSSR count). The second-order valence-electron chi connectivity index (χ2n) is 11.2. The highest BCUT2D eigenvalue weighted by molar-refractivity contribution is 7.87. The molecule has 0 saturated carbocycles. The van der Waals surface area contributed by atoms with Crippen LogP contribution >= 0.6 is 0 Å². The minimum Gasteiger partial charge on any atom is -0.355 e. The molecule has 0 atom stereocenters. The predicted molar refractivity (Wildman–Crippen MR) is 178 cm³/mol. The van der Waals surface area contributed by atoms with Crippen LogP contribution in [0.2, 0.25) is 0 Å². The van der Waals surface area contributed by atoms with E-state index in [1.807, 2.05) is 43.7 Å². The molecular weight excluding hydrogens is 675 g/mol. The molecule has 7 heterocycles. The topological polar surface area (TPSA) is 168 Å². The van der Waals surface area contributed by atoms with Gasteiger partial charge in [0, 0.05) is 67.2 Å². The van der Waals surface area contributed by atoms with Crippen molar-refractivity contribution in [2.45, 2.75) is 25.3 Å². The third-order valence-electron chi connectivity index (χ3n) is 7.25. The first-order chi connectivity index (χ1) is 23.8. The number of anilines is 2. The summed E-state index contributed by atoms with van der Waals surface area (Å²) in [5.74, 6) is 1.07. The van der Waals surface area contributed by atoms with Crippen molar-refractivity contribution in [2.24, 2.45) is 14.1 Å². The number of aryl methyl sites for hydroxylation is 2. The highest BCUT2D eigenvalue weighted by Crippen LogP contribution is 2.31. The second kappa shape index (κ2) is 13.5.